The van der Waals surface area contributed by atoms with Gasteiger partial charge in [-0.3, -0.25) is 4.79 Å². The molecular formula is C17H18BrN3O3. The summed E-state index contributed by atoms with van der Waals surface area (Å²) in [6, 6.07) is 12.1. The van der Waals surface area contributed by atoms with Crippen LogP contribution in [0.4, 0.5) is 5.69 Å². The minimum absolute atomic E-state index is 0.0287. The van der Waals surface area contributed by atoms with Gasteiger partial charge in [-0.15, -0.1) is 0 Å². The van der Waals surface area contributed by atoms with Crippen molar-refractivity contribution >= 4 is 33.7 Å². The molecular weight excluding hydrogens is 374 g/mol. The molecule has 0 fully saturated rings. The number of halogens is 1. The average molecular weight is 392 g/mol. The molecule has 7 heteroatoms. The van der Waals surface area contributed by atoms with Gasteiger partial charge < -0.3 is 15.2 Å². The second-order valence-electron chi connectivity index (χ2n) is 5.01. The quantitative estimate of drug-likeness (QED) is 0.521. The lowest BCUT2D eigenvalue weighted by molar-refractivity contribution is -0.121. The van der Waals surface area contributed by atoms with Crippen molar-refractivity contribution in [3.05, 3.63) is 52.5 Å². The van der Waals surface area contributed by atoms with Gasteiger partial charge >= 0.3 is 0 Å². The van der Waals surface area contributed by atoms with Crippen LogP contribution in [0.15, 0.2) is 52.0 Å². The standard InChI is InChI=1S/C17H18BrN3O3/c1-11(20-14-8-6-13(18)7-9-14)17(23)21-19-10-12-4-3-5-15(24-2)16(12)22/h3-11,20,22H,1-2H3,(H,21,23)/b19-10+/t11-/m1/s1. The van der Waals surface area contributed by atoms with Gasteiger partial charge in [0.25, 0.3) is 5.91 Å². The van der Waals surface area contributed by atoms with Crippen LogP contribution in [0.2, 0.25) is 0 Å². The largest absolute Gasteiger partial charge is 0.504 e. The molecule has 0 saturated heterocycles. The number of hydrogen-bond acceptors (Lipinski definition) is 5. The van der Waals surface area contributed by atoms with Crippen LogP contribution in [0.3, 0.4) is 0 Å². The van der Waals surface area contributed by atoms with Crippen LogP contribution in [0.1, 0.15) is 12.5 Å². The molecule has 6 nitrogen and oxygen atoms in total. The molecule has 0 bridgehead atoms. The summed E-state index contributed by atoms with van der Waals surface area (Å²) in [5.41, 5.74) is 3.71. The molecule has 2 aromatic rings. The highest BCUT2D eigenvalue weighted by Gasteiger charge is 2.11. The first-order valence-corrected chi connectivity index (χ1v) is 8.01. The normalized spacial score (nSPS) is 12.0. The molecule has 0 saturated carbocycles. The predicted octanol–water partition coefficient (Wildman–Crippen LogP) is 3.11. The average Bonchev–Trinajstić information content (AvgIpc) is 2.58. The van der Waals surface area contributed by atoms with Crippen molar-refractivity contribution < 1.29 is 14.6 Å². The first-order valence-electron chi connectivity index (χ1n) is 7.22. The van der Waals surface area contributed by atoms with Crippen LogP contribution in [-0.2, 0) is 4.79 Å². The van der Waals surface area contributed by atoms with E-state index in [-0.39, 0.29) is 11.7 Å². The Morgan fingerprint density at radius 1 is 1.29 bits per heavy atom. The Balaban J connectivity index is 1.93. The Morgan fingerprint density at radius 2 is 2.00 bits per heavy atom. The van der Waals surface area contributed by atoms with Gasteiger partial charge in [0.15, 0.2) is 11.5 Å². The van der Waals surface area contributed by atoms with Crippen molar-refractivity contribution in [2.45, 2.75) is 13.0 Å². The zero-order valence-corrected chi connectivity index (χ0v) is 14.9. The summed E-state index contributed by atoms with van der Waals surface area (Å²) >= 11 is 3.36. The number of phenolic OH excluding ortho intramolecular Hbond substituents is 1. The number of carbonyl (C=O) groups excluding carboxylic acids is 1. The molecule has 0 heterocycles. The number of carbonyl (C=O) groups is 1. The second kappa shape index (κ2) is 8.35. The topological polar surface area (TPSA) is 83.0 Å². The lowest BCUT2D eigenvalue weighted by Gasteiger charge is -2.13. The maximum Gasteiger partial charge on any atom is 0.262 e. The minimum Gasteiger partial charge on any atom is -0.504 e. The summed E-state index contributed by atoms with van der Waals surface area (Å²) in [7, 11) is 1.47. The van der Waals surface area contributed by atoms with E-state index in [9.17, 15) is 9.90 Å². The number of methoxy groups -OCH3 is 1. The van der Waals surface area contributed by atoms with E-state index < -0.39 is 6.04 Å². The van der Waals surface area contributed by atoms with Crippen molar-refractivity contribution in [1.29, 1.82) is 0 Å². The highest BCUT2D eigenvalue weighted by Crippen LogP contribution is 2.27. The van der Waals surface area contributed by atoms with Gasteiger partial charge in [0.05, 0.1) is 13.3 Å². The molecule has 2 aromatic carbocycles. The third kappa shape index (κ3) is 4.73. The molecule has 126 valence electrons. The molecule has 0 aromatic heterocycles. The maximum absolute atomic E-state index is 12.0. The minimum atomic E-state index is -0.470. The molecule has 0 spiro atoms. The molecule has 0 aliphatic carbocycles. The van der Waals surface area contributed by atoms with Crippen molar-refractivity contribution in [1.82, 2.24) is 5.43 Å². The maximum atomic E-state index is 12.0. The fourth-order valence-electron chi connectivity index (χ4n) is 1.93. The number of benzene rings is 2. The number of nitrogens with one attached hydrogen (secondary N) is 2. The summed E-state index contributed by atoms with van der Waals surface area (Å²) in [6.45, 7) is 1.73. The van der Waals surface area contributed by atoms with Crippen LogP contribution in [-0.4, -0.2) is 30.4 Å². The first kappa shape index (κ1) is 17.8. The number of amides is 1. The zero-order valence-electron chi connectivity index (χ0n) is 13.3. The number of nitrogens with zero attached hydrogens (tertiary/aromatic N) is 1. The third-order valence-electron chi connectivity index (χ3n) is 3.25. The molecule has 1 atom stereocenters. The molecule has 2 rings (SSSR count). The molecule has 24 heavy (non-hydrogen) atoms. The predicted molar refractivity (Wildman–Crippen MR) is 97.6 cm³/mol. The van der Waals surface area contributed by atoms with Crippen molar-refractivity contribution in [3.63, 3.8) is 0 Å². The second-order valence-corrected chi connectivity index (χ2v) is 5.92. The number of aromatic hydroxyl groups is 1. The number of phenols is 1. The van der Waals surface area contributed by atoms with Crippen molar-refractivity contribution in [2.24, 2.45) is 5.10 Å². The van der Waals surface area contributed by atoms with E-state index in [0.717, 1.165) is 10.2 Å². The fourth-order valence-corrected chi connectivity index (χ4v) is 2.20. The van der Waals surface area contributed by atoms with E-state index in [1.807, 2.05) is 24.3 Å². The van der Waals surface area contributed by atoms with Gasteiger partial charge in [0, 0.05) is 15.7 Å². The number of para-hydroxylation sites is 1. The van der Waals surface area contributed by atoms with Gasteiger partial charge in [-0.2, -0.15) is 5.10 Å². The Kier molecular flexibility index (Phi) is 6.20. The lowest BCUT2D eigenvalue weighted by Crippen LogP contribution is -2.34. The van der Waals surface area contributed by atoms with E-state index >= 15 is 0 Å². The van der Waals surface area contributed by atoms with Gasteiger partial charge in [-0.05, 0) is 43.3 Å². The molecule has 1 amide bonds. The first-order chi connectivity index (χ1) is 11.5. The molecule has 0 unspecified atom stereocenters. The Bertz CT molecular complexity index is 732. The highest BCUT2D eigenvalue weighted by molar-refractivity contribution is 9.10. The Hall–Kier alpha value is -2.54. The molecule has 0 radical (unpaired) electrons. The van der Waals surface area contributed by atoms with Crippen LogP contribution in [0, 0.1) is 0 Å². The highest BCUT2D eigenvalue weighted by atomic mass is 79.9. The van der Waals surface area contributed by atoms with E-state index in [2.05, 4.69) is 31.8 Å². The third-order valence-corrected chi connectivity index (χ3v) is 3.78. The van der Waals surface area contributed by atoms with E-state index in [1.54, 1.807) is 25.1 Å². The number of rotatable bonds is 6. The monoisotopic (exact) mass is 391 g/mol. The van der Waals surface area contributed by atoms with Crippen LogP contribution >= 0.6 is 15.9 Å². The van der Waals surface area contributed by atoms with Crippen LogP contribution in [0.25, 0.3) is 0 Å². The number of hydrazone groups is 1. The van der Waals surface area contributed by atoms with Gasteiger partial charge in [0.1, 0.15) is 6.04 Å². The van der Waals surface area contributed by atoms with Gasteiger partial charge in [-0.25, -0.2) is 5.43 Å². The molecule has 3 N–H and O–H groups in total. The van der Waals surface area contributed by atoms with Crippen LogP contribution in [0.5, 0.6) is 11.5 Å². The van der Waals surface area contributed by atoms with Gasteiger partial charge in [0.2, 0.25) is 0 Å². The summed E-state index contributed by atoms with van der Waals surface area (Å²) in [4.78, 5) is 12.0. The number of anilines is 1. The smallest absolute Gasteiger partial charge is 0.262 e. The Morgan fingerprint density at radius 3 is 2.67 bits per heavy atom. The zero-order chi connectivity index (χ0) is 17.5. The van der Waals surface area contributed by atoms with Gasteiger partial charge in [-0.1, -0.05) is 22.0 Å². The van der Waals surface area contributed by atoms with E-state index in [1.165, 1.54) is 13.3 Å². The summed E-state index contributed by atoms with van der Waals surface area (Å²) in [6.07, 6.45) is 1.36. The summed E-state index contributed by atoms with van der Waals surface area (Å²) < 4.78 is 5.98. The summed E-state index contributed by atoms with van der Waals surface area (Å²) in [5, 5.41) is 16.9. The fraction of sp³-hybridized carbons (Fsp3) is 0.176. The number of hydrogen-bond donors (Lipinski definition) is 3. The van der Waals surface area contributed by atoms with Crippen molar-refractivity contribution in [2.75, 3.05) is 12.4 Å². The van der Waals surface area contributed by atoms with Crippen molar-refractivity contribution in [3.8, 4) is 11.5 Å². The molecule has 0 aliphatic rings. The Labute approximate surface area is 148 Å². The molecule has 0 aliphatic heterocycles. The SMILES string of the molecule is COc1cccc(/C=N/NC(=O)[C@@H](C)Nc2ccc(Br)cc2)c1O. The lowest BCUT2D eigenvalue weighted by atomic mass is 10.2. The van der Waals surface area contributed by atoms with E-state index in [0.29, 0.717) is 11.3 Å². The van der Waals surface area contributed by atoms with Crippen LogP contribution < -0.4 is 15.5 Å². The summed E-state index contributed by atoms with van der Waals surface area (Å²) in [5.74, 6) is 0.0196. The van der Waals surface area contributed by atoms with E-state index in [4.69, 9.17) is 4.74 Å². The number of ether oxygens (including phenoxy) is 1.